The summed E-state index contributed by atoms with van der Waals surface area (Å²) in [4.78, 5) is 41.4. The molecule has 0 aliphatic carbocycles. The van der Waals surface area contributed by atoms with Crippen molar-refractivity contribution in [1.82, 2.24) is 10.3 Å². The Hall–Kier alpha value is -3.73. The van der Waals surface area contributed by atoms with Crippen molar-refractivity contribution >= 4 is 29.2 Å². The largest absolute Gasteiger partial charge is 0.378 e. The molecule has 6 N–H and O–H groups in total. The summed E-state index contributed by atoms with van der Waals surface area (Å²) in [5.74, 6) is -2.44. The first kappa shape index (κ1) is 39.7. The second-order valence-electron chi connectivity index (χ2n) is 10.5. The van der Waals surface area contributed by atoms with Crippen molar-refractivity contribution in [2.45, 2.75) is 12.5 Å². The van der Waals surface area contributed by atoms with Crippen molar-refractivity contribution < 1.29 is 47.2 Å². The fourth-order valence-electron chi connectivity index (χ4n) is 4.60. The number of nitrogens with one attached hydrogen (secondary N) is 2. The molecule has 1 heterocycles. The number of aromatic nitrogens is 1. The Morgan fingerprint density at radius 1 is 0.796 bits per heavy atom. The number of ketones is 1. The number of nitrogens with two attached hydrogens (primary N) is 2. The highest BCUT2D eigenvalue weighted by Crippen LogP contribution is 2.31. The lowest BCUT2D eigenvalue weighted by Gasteiger charge is -2.18. The van der Waals surface area contributed by atoms with Gasteiger partial charge >= 0.3 is 0 Å². The van der Waals surface area contributed by atoms with E-state index in [1.807, 2.05) is 0 Å². The first-order valence-electron chi connectivity index (χ1n) is 15.8. The molecule has 0 aliphatic rings. The van der Waals surface area contributed by atoms with E-state index in [4.69, 9.17) is 51.5 Å². The first-order chi connectivity index (χ1) is 23.8. The minimum Gasteiger partial charge on any atom is -0.378 e. The van der Waals surface area contributed by atoms with Gasteiger partial charge in [0, 0.05) is 28.9 Å². The van der Waals surface area contributed by atoms with E-state index in [2.05, 4.69) is 10.3 Å². The second-order valence-corrected chi connectivity index (χ2v) is 10.9. The van der Waals surface area contributed by atoms with E-state index in [-0.39, 0.29) is 48.6 Å². The number of ether oxygens (including phenoxy) is 6. The Labute approximate surface area is 289 Å². The zero-order valence-electron chi connectivity index (χ0n) is 27.3. The van der Waals surface area contributed by atoms with E-state index in [1.54, 1.807) is 30.3 Å². The van der Waals surface area contributed by atoms with Crippen LogP contribution in [0.15, 0.2) is 54.7 Å². The van der Waals surface area contributed by atoms with Gasteiger partial charge in [-0.05, 0) is 23.8 Å². The van der Waals surface area contributed by atoms with Crippen LogP contribution in [0.3, 0.4) is 0 Å². The number of H-pyrrole nitrogens is 1. The van der Waals surface area contributed by atoms with Crippen LogP contribution in [0.4, 0.5) is 4.39 Å². The molecule has 2 aromatic carbocycles. The predicted octanol–water partition coefficient (Wildman–Crippen LogP) is 3.06. The number of amides is 2. The van der Waals surface area contributed by atoms with Gasteiger partial charge in [0.05, 0.1) is 96.4 Å². The van der Waals surface area contributed by atoms with E-state index in [0.29, 0.717) is 76.6 Å². The lowest BCUT2D eigenvalue weighted by atomic mass is 9.97. The molecule has 0 unspecified atom stereocenters. The van der Waals surface area contributed by atoms with E-state index in [1.165, 1.54) is 24.4 Å². The molecule has 0 bridgehead atoms. The number of benzene rings is 2. The molecule has 49 heavy (non-hydrogen) atoms. The average molecular weight is 707 g/mol. The molecular formula is C34H44ClFN4O9. The number of carbonyl (C=O) groups is 3. The molecule has 0 saturated carbocycles. The number of halogens is 2. The summed E-state index contributed by atoms with van der Waals surface area (Å²) >= 11 is 6.12. The van der Waals surface area contributed by atoms with E-state index < -0.39 is 29.5 Å². The maximum absolute atomic E-state index is 15.0. The molecule has 0 aliphatic heterocycles. The van der Waals surface area contributed by atoms with Crippen molar-refractivity contribution in [3.63, 3.8) is 0 Å². The van der Waals surface area contributed by atoms with Crippen LogP contribution in [0.25, 0.3) is 11.1 Å². The molecule has 0 spiro atoms. The predicted molar refractivity (Wildman–Crippen MR) is 180 cm³/mol. The minimum atomic E-state index is -0.823. The van der Waals surface area contributed by atoms with Gasteiger partial charge in [0.25, 0.3) is 5.91 Å². The Morgan fingerprint density at radius 2 is 1.37 bits per heavy atom. The van der Waals surface area contributed by atoms with Crippen molar-refractivity contribution in [3.05, 3.63) is 82.4 Å². The zero-order chi connectivity index (χ0) is 35.3. The van der Waals surface area contributed by atoms with Gasteiger partial charge in [0.15, 0.2) is 0 Å². The molecule has 1 atom stereocenters. The standard InChI is InChI=1S/C34H44ClFN4O9/c35-25-5-3-4-24(20-25)29(21-31(38)42)40-34(43)27-22-39-33(32(27)26-6-1-2-7-28(26)36)30(41)23-49-19-18-48-17-16-47-15-14-46-13-12-45-11-10-44-9-8-37/h1-7,20,22,29,39H,8-19,21,23,37H2,(H2,38,42)(H,40,43)/t29-/m0/s1. The smallest absolute Gasteiger partial charge is 0.253 e. The van der Waals surface area contributed by atoms with Crippen molar-refractivity contribution in [1.29, 1.82) is 0 Å². The molecule has 13 nitrogen and oxygen atoms in total. The molecule has 0 saturated heterocycles. The Bertz CT molecular complexity index is 1460. The number of hydrogen-bond donors (Lipinski definition) is 4. The third-order valence-electron chi connectivity index (χ3n) is 6.86. The number of rotatable bonds is 26. The third kappa shape index (κ3) is 14.3. The fourth-order valence-corrected chi connectivity index (χ4v) is 4.80. The molecule has 1 aromatic heterocycles. The van der Waals surface area contributed by atoms with Crippen LogP contribution in [-0.4, -0.2) is 108 Å². The Morgan fingerprint density at radius 3 is 1.92 bits per heavy atom. The molecule has 3 aromatic rings. The van der Waals surface area contributed by atoms with E-state index in [0.717, 1.165) is 0 Å². The number of hydrogen-bond acceptors (Lipinski definition) is 10. The summed E-state index contributed by atoms with van der Waals surface area (Å²) in [6, 6.07) is 11.6. The van der Waals surface area contributed by atoms with Gasteiger partial charge in [0.1, 0.15) is 12.4 Å². The summed E-state index contributed by atoms with van der Waals surface area (Å²) in [6.45, 7) is 4.38. The first-order valence-corrected chi connectivity index (χ1v) is 16.2. The highest BCUT2D eigenvalue weighted by atomic mass is 35.5. The molecule has 3 rings (SSSR count). The van der Waals surface area contributed by atoms with Crippen molar-refractivity contribution in [2.75, 3.05) is 85.8 Å². The lowest BCUT2D eigenvalue weighted by Crippen LogP contribution is -2.32. The molecular weight excluding hydrogens is 663 g/mol. The maximum Gasteiger partial charge on any atom is 0.253 e. The van der Waals surface area contributed by atoms with Gasteiger partial charge in [-0.25, -0.2) is 4.39 Å². The third-order valence-corrected chi connectivity index (χ3v) is 7.10. The highest BCUT2D eigenvalue weighted by Gasteiger charge is 2.27. The van der Waals surface area contributed by atoms with Crippen LogP contribution in [0.1, 0.15) is 38.9 Å². The summed E-state index contributed by atoms with van der Waals surface area (Å²) < 4.78 is 47.4. The maximum atomic E-state index is 15.0. The number of aromatic amines is 1. The van der Waals surface area contributed by atoms with Crippen molar-refractivity contribution in [2.24, 2.45) is 11.5 Å². The summed E-state index contributed by atoms with van der Waals surface area (Å²) in [5.41, 5.74) is 11.4. The summed E-state index contributed by atoms with van der Waals surface area (Å²) in [7, 11) is 0. The quantitative estimate of drug-likeness (QED) is 0.0714. The van der Waals surface area contributed by atoms with Gasteiger partial charge in [0.2, 0.25) is 11.7 Å². The molecule has 15 heteroatoms. The Kier molecular flexibility index (Phi) is 18.5. The van der Waals surface area contributed by atoms with Gasteiger partial charge in [-0.3, -0.25) is 14.4 Å². The molecule has 2 amide bonds. The van der Waals surface area contributed by atoms with Gasteiger partial charge in [-0.2, -0.15) is 0 Å². The van der Waals surface area contributed by atoms with Crippen LogP contribution in [0.5, 0.6) is 0 Å². The summed E-state index contributed by atoms with van der Waals surface area (Å²) in [5, 5.41) is 3.17. The lowest BCUT2D eigenvalue weighted by molar-refractivity contribution is -0.118. The van der Waals surface area contributed by atoms with Crippen LogP contribution in [0, 0.1) is 5.82 Å². The monoisotopic (exact) mass is 706 g/mol. The fraction of sp³-hybridized carbons (Fsp3) is 0.441. The number of carbonyl (C=O) groups excluding carboxylic acids is 3. The van der Waals surface area contributed by atoms with E-state index in [9.17, 15) is 14.4 Å². The molecule has 0 fully saturated rings. The van der Waals surface area contributed by atoms with E-state index >= 15 is 4.39 Å². The SMILES string of the molecule is NCCOCCOCCOCCOCCOCCOCC(=O)c1[nH]cc(C(=O)N[C@@H](CC(N)=O)c2cccc(Cl)c2)c1-c1ccccc1F. The topological polar surface area (TPSA) is 186 Å². The Balaban J connectivity index is 1.45. The van der Waals surface area contributed by atoms with Crippen molar-refractivity contribution in [3.8, 4) is 11.1 Å². The summed E-state index contributed by atoms with van der Waals surface area (Å²) in [6.07, 6.45) is 1.10. The van der Waals surface area contributed by atoms with Gasteiger partial charge in [-0.15, -0.1) is 0 Å². The molecule has 0 radical (unpaired) electrons. The average Bonchev–Trinajstić information content (AvgIpc) is 3.53. The van der Waals surface area contributed by atoms with Gasteiger partial charge < -0.3 is 50.2 Å². The zero-order valence-corrected chi connectivity index (χ0v) is 28.0. The van der Waals surface area contributed by atoms with Crippen LogP contribution in [0.2, 0.25) is 5.02 Å². The van der Waals surface area contributed by atoms with Crippen LogP contribution < -0.4 is 16.8 Å². The normalized spacial score (nSPS) is 11.8. The second kappa shape index (κ2) is 22.8. The molecule has 268 valence electrons. The number of Topliss-reactive ketones (excluding diaryl/α,β-unsaturated/α-hetero) is 1. The number of primary amides is 1. The van der Waals surface area contributed by atoms with Crippen LogP contribution >= 0.6 is 11.6 Å². The van der Waals surface area contributed by atoms with Crippen LogP contribution in [-0.2, 0) is 33.2 Å². The van der Waals surface area contributed by atoms with Gasteiger partial charge in [-0.1, -0.05) is 41.9 Å². The minimum absolute atomic E-state index is 0.00354. The highest BCUT2D eigenvalue weighted by molar-refractivity contribution is 6.30.